The molecule has 3 unspecified atom stereocenters. The Labute approximate surface area is 190 Å². The Balaban J connectivity index is 1.17. The van der Waals surface area contributed by atoms with E-state index in [9.17, 15) is 9.59 Å². The molecular formula is C27H35NO4. The molecule has 4 rings (SSSR count). The van der Waals surface area contributed by atoms with Gasteiger partial charge in [-0.15, -0.1) is 0 Å². The molecule has 0 saturated heterocycles. The molecule has 0 heterocycles. The van der Waals surface area contributed by atoms with E-state index in [2.05, 4.69) is 19.2 Å². The summed E-state index contributed by atoms with van der Waals surface area (Å²) in [5, 5.41) is 4.94. The molecule has 2 aromatic carbocycles. The van der Waals surface area contributed by atoms with Crippen molar-refractivity contribution in [3.63, 3.8) is 0 Å². The van der Waals surface area contributed by atoms with Gasteiger partial charge in [-0.25, -0.2) is 4.79 Å². The van der Waals surface area contributed by atoms with Crippen LogP contribution in [0.3, 0.4) is 0 Å². The summed E-state index contributed by atoms with van der Waals surface area (Å²) in [6.07, 6.45) is 8.46. The van der Waals surface area contributed by atoms with Crippen molar-refractivity contribution in [1.29, 1.82) is 0 Å². The first kappa shape index (κ1) is 22.6. The lowest BCUT2D eigenvalue weighted by atomic mass is 9.54. The van der Waals surface area contributed by atoms with Gasteiger partial charge in [-0.1, -0.05) is 69.2 Å². The summed E-state index contributed by atoms with van der Waals surface area (Å²) in [7, 11) is 0. The van der Waals surface area contributed by atoms with Crippen LogP contribution in [0, 0.1) is 16.7 Å². The van der Waals surface area contributed by atoms with Gasteiger partial charge < -0.3 is 14.8 Å². The van der Waals surface area contributed by atoms with Gasteiger partial charge in [0.2, 0.25) is 6.79 Å². The van der Waals surface area contributed by atoms with E-state index in [1.165, 1.54) is 38.5 Å². The average molecular weight is 438 g/mol. The zero-order valence-electron chi connectivity index (χ0n) is 19.3. The summed E-state index contributed by atoms with van der Waals surface area (Å²) in [6.45, 7) is 5.02. The van der Waals surface area contributed by atoms with Gasteiger partial charge in [-0.3, -0.25) is 4.79 Å². The van der Waals surface area contributed by atoms with Crippen LogP contribution < -0.4 is 5.32 Å². The van der Waals surface area contributed by atoms with Gasteiger partial charge in [0.15, 0.2) is 0 Å². The molecule has 1 N–H and O–H groups in total. The van der Waals surface area contributed by atoms with Crippen molar-refractivity contribution >= 4 is 22.8 Å². The monoisotopic (exact) mass is 437 g/mol. The molecule has 2 bridgehead atoms. The standard InChI is InChI=1S/C27H35NO4/c1-26-12-6-7-20(16-26)17-27(2,18-26)13-14-28-25(30)32-19-31-24(29)15-22-10-5-9-21-8-3-4-11-23(21)22/h3-5,8-11,20H,6-7,12-19H2,1-2H3,(H,28,30). The third kappa shape index (κ3) is 5.62. The fourth-order valence-corrected chi connectivity index (χ4v) is 6.36. The highest BCUT2D eigenvalue weighted by Gasteiger charge is 2.44. The van der Waals surface area contributed by atoms with Crippen molar-refractivity contribution < 1.29 is 19.1 Å². The van der Waals surface area contributed by atoms with E-state index in [1.807, 2.05) is 42.5 Å². The fraction of sp³-hybridized carbons (Fsp3) is 0.556. The van der Waals surface area contributed by atoms with Crippen LogP contribution in [0.25, 0.3) is 10.8 Å². The lowest BCUT2D eigenvalue weighted by Crippen LogP contribution is -2.41. The van der Waals surface area contributed by atoms with E-state index in [1.54, 1.807) is 0 Å². The lowest BCUT2D eigenvalue weighted by molar-refractivity contribution is -0.150. The zero-order chi connectivity index (χ0) is 22.6. The first-order valence-corrected chi connectivity index (χ1v) is 11.9. The highest BCUT2D eigenvalue weighted by Crippen LogP contribution is 2.56. The number of hydrogen-bond acceptors (Lipinski definition) is 4. The van der Waals surface area contributed by atoms with Crippen LogP contribution in [0.1, 0.15) is 64.4 Å². The van der Waals surface area contributed by atoms with E-state index in [0.29, 0.717) is 12.0 Å². The minimum absolute atomic E-state index is 0.143. The van der Waals surface area contributed by atoms with Crippen molar-refractivity contribution in [2.45, 2.75) is 65.2 Å². The summed E-state index contributed by atoms with van der Waals surface area (Å²) in [6, 6.07) is 13.8. The second-order valence-electron chi connectivity index (χ2n) is 10.5. The number of carbonyl (C=O) groups excluding carboxylic acids is 2. The van der Waals surface area contributed by atoms with Gasteiger partial charge in [-0.2, -0.15) is 0 Å². The van der Waals surface area contributed by atoms with Crippen LogP contribution in [0.2, 0.25) is 0 Å². The predicted molar refractivity (Wildman–Crippen MR) is 125 cm³/mol. The number of carbonyl (C=O) groups is 2. The molecule has 3 atom stereocenters. The Bertz CT molecular complexity index is 968. The Morgan fingerprint density at radius 2 is 1.88 bits per heavy atom. The number of esters is 1. The molecule has 2 fully saturated rings. The molecule has 2 aliphatic rings. The second-order valence-corrected chi connectivity index (χ2v) is 10.5. The number of benzene rings is 2. The largest absolute Gasteiger partial charge is 0.428 e. The number of hydrogen-bond donors (Lipinski definition) is 1. The maximum atomic E-state index is 12.2. The highest BCUT2D eigenvalue weighted by atomic mass is 16.7. The number of alkyl carbamates (subject to hydrolysis) is 1. The number of nitrogens with one attached hydrogen (secondary N) is 1. The number of amides is 1. The van der Waals surface area contributed by atoms with Crippen LogP contribution in [0.5, 0.6) is 0 Å². The molecule has 0 radical (unpaired) electrons. The van der Waals surface area contributed by atoms with Gasteiger partial charge in [-0.05, 0) is 65.2 Å². The topological polar surface area (TPSA) is 64.6 Å². The Hall–Kier alpha value is -2.56. The second kappa shape index (κ2) is 9.51. The zero-order valence-corrected chi connectivity index (χ0v) is 19.3. The first-order chi connectivity index (χ1) is 15.3. The van der Waals surface area contributed by atoms with E-state index in [4.69, 9.17) is 9.47 Å². The van der Waals surface area contributed by atoms with Crippen molar-refractivity contribution in [3.05, 3.63) is 48.0 Å². The molecule has 2 aliphatic carbocycles. The fourth-order valence-electron chi connectivity index (χ4n) is 6.36. The molecule has 172 valence electrons. The molecular weight excluding hydrogens is 402 g/mol. The predicted octanol–water partition coefficient (Wildman–Crippen LogP) is 6.00. The van der Waals surface area contributed by atoms with Crippen molar-refractivity contribution in [1.82, 2.24) is 5.32 Å². The van der Waals surface area contributed by atoms with E-state index < -0.39 is 12.1 Å². The van der Waals surface area contributed by atoms with E-state index >= 15 is 0 Å². The van der Waals surface area contributed by atoms with Gasteiger partial charge in [0.1, 0.15) is 0 Å². The number of ether oxygens (including phenoxy) is 2. The Morgan fingerprint density at radius 1 is 1.06 bits per heavy atom. The van der Waals surface area contributed by atoms with Crippen LogP contribution in [0.15, 0.2) is 42.5 Å². The summed E-state index contributed by atoms with van der Waals surface area (Å²) >= 11 is 0. The molecule has 2 aromatic rings. The highest BCUT2D eigenvalue weighted by molar-refractivity contribution is 5.88. The third-order valence-corrected chi connectivity index (χ3v) is 7.43. The average Bonchev–Trinajstić information content (AvgIpc) is 2.73. The van der Waals surface area contributed by atoms with Crippen molar-refractivity contribution in [2.24, 2.45) is 16.7 Å². The number of rotatable bonds is 7. The molecule has 5 nitrogen and oxygen atoms in total. The summed E-state index contributed by atoms with van der Waals surface area (Å²) in [5.74, 6) is 0.421. The SMILES string of the molecule is CC12CCCC(C1)CC(C)(CCNC(=O)OCOC(=O)Cc1cccc3ccccc13)C2. The minimum atomic E-state index is -0.534. The van der Waals surface area contributed by atoms with Crippen molar-refractivity contribution in [3.8, 4) is 0 Å². The normalized spacial score (nSPS) is 27.0. The molecule has 0 spiro atoms. The smallest absolute Gasteiger partial charge is 0.410 e. The lowest BCUT2D eigenvalue weighted by Gasteiger charge is -2.51. The minimum Gasteiger partial charge on any atom is -0.428 e. The molecule has 32 heavy (non-hydrogen) atoms. The van der Waals surface area contributed by atoms with Crippen LogP contribution in [-0.4, -0.2) is 25.4 Å². The summed E-state index contributed by atoms with van der Waals surface area (Å²) in [5.41, 5.74) is 1.64. The molecule has 0 aliphatic heterocycles. The summed E-state index contributed by atoms with van der Waals surface area (Å²) in [4.78, 5) is 24.2. The van der Waals surface area contributed by atoms with Gasteiger partial charge >= 0.3 is 12.1 Å². The quantitative estimate of drug-likeness (QED) is 0.426. The first-order valence-electron chi connectivity index (χ1n) is 11.9. The van der Waals surface area contributed by atoms with Gasteiger partial charge in [0.05, 0.1) is 6.42 Å². The van der Waals surface area contributed by atoms with E-state index in [0.717, 1.165) is 28.7 Å². The number of fused-ring (bicyclic) bond motifs is 3. The van der Waals surface area contributed by atoms with Crippen LogP contribution in [-0.2, 0) is 20.7 Å². The molecule has 1 amide bonds. The maximum absolute atomic E-state index is 12.2. The van der Waals surface area contributed by atoms with Crippen molar-refractivity contribution in [2.75, 3.05) is 13.3 Å². The molecule has 0 aromatic heterocycles. The third-order valence-electron chi connectivity index (χ3n) is 7.43. The van der Waals surface area contributed by atoms with Gasteiger partial charge in [0, 0.05) is 6.54 Å². The van der Waals surface area contributed by atoms with E-state index in [-0.39, 0.29) is 18.6 Å². The molecule has 5 heteroatoms. The van der Waals surface area contributed by atoms with Gasteiger partial charge in [0.25, 0.3) is 0 Å². The van der Waals surface area contributed by atoms with Crippen LogP contribution >= 0.6 is 0 Å². The van der Waals surface area contributed by atoms with Crippen LogP contribution in [0.4, 0.5) is 4.79 Å². The maximum Gasteiger partial charge on any atom is 0.410 e. The Kier molecular flexibility index (Phi) is 6.73. The Morgan fingerprint density at radius 3 is 2.72 bits per heavy atom. The summed E-state index contributed by atoms with van der Waals surface area (Å²) < 4.78 is 10.2. The molecule has 2 saturated carbocycles.